The second-order valence-electron chi connectivity index (χ2n) is 6.78. The largest absolute Gasteiger partial charge is 0.319 e. The van der Waals surface area contributed by atoms with Crippen LogP contribution < -0.4 is 10.2 Å². The van der Waals surface area contributed by atoms with Crippen molar-refractivity contribution in [3.63, 3.8) is 0 Å². The maximum absolute atomic E-state index is 13.2. The van der Waals surface area contributed by atoms with Crippen LogP contribution in [0.5, 0.6) is 0 Å². The van der Waals surface area contributed by atoms with E-state index in [1.54, 1.807) is 18.1 Å². The Morgan fingerprint density at radius 1 is 1.12 bits per heavy atom. The van der Waals surface area contributed by atoms with Crippen LogP contribution in [0.25, 0.3) is 0 Å². The smallest absolute Gasteiger partial charge is 0.276 e. The number of benzene rings is 1. The number of nitrogens with one attached hydrogen (secondary N) is 1. The van der Waals surface area contributed by atoms with Crippen molar-refractivity contribution in [3.8, 4) is 0 Å². The average molecular weight is 354 g/mol. The summed E-state index contributed by atoms with van der Waals surface area (Å²) in [5.41, 5.74) is 2.20. The molecule has 1 aromatic carbocycles. The molecule has 2 aliphatic rings. The van der Waals surface area contributed by atoms with Crippen LogP contribution in [0.4, 0.5) is 17.1 Å². The van der Waals surface area contributed by atoms with Gasteiger partial charge in [0.1, 0.15) is 11.4 Å². The van der Waals surface area contributed by atoms with Gasteiger partial charge < -0.3 is 10.2 Å². The van der Waals surface area contributed by atoms with Crippen LogP contribution in [0.2, 0.25) is 0 Å². The number of hydrogen-bond acceptors (Lipinski definition) is 5. The molecule has 136 valence electrons. The Labute approximate surface area is 152 Å². The fourth-order valence-electron chi connectivity index (χ4n) is 3.48. The highest BCUT2D eigenvalue weighted by Gasteiger charge is 2.33. The molecule has 2 aliphatic heterocycles. The first-order chi connectivity index (χ1) is 12.5. The minimum Gasteiger partial charge on any atom is -0.319 e. The van der Waals surface area contributed by atoms with Crippen molar-refractivity contribution >= 4 is 28.9 Å². The second-order valence-corrected chi connectivity index (χ2v) is 6.78. The molecule has 2 amide bonds. The number of fused-ring (bicyclic) bond motifs is 2. The summed E-state index contributed by atoms with van der Waals surface area (Å²) in [6, 6.07) is 7.36. The van der Waals surface area contributed by atoms with E-state index in [0.717, 1.165) is 26.2 Å². The highest BCUT2D eigenvalue weighted by atomic mass is 16.2. The monoisotopic (exact) mass is 354 g/mol. The van der Waals surface area contributed by atoms with Crippen molar-refractivity contribution in [1.29, 1.82) is 0 Å². The molecule has 1 N–H and O–H groups in total. The van der Waals surface area contributed by atoms with Crippen LogP contribution in [-0.2, 0) is 11.8 Å². The molecule has 1 fully saturated rings. The molecule has 0 unspecified atom stereocenters. The number of rotatable bonds is 2. The van der Waals surface area contributed by atoms with Gasteiger partial charge in [-0.1, -0.05) is 12.1 Å². The summed E-state index contributed by atoms with van der Waals surface area (Å²) in [7, 11) is 3.79. The Kier molecular flexibility index (Phi) is 4.21. The predicted octanol–water partition coefficient (Wildman–Crippen LogP) is 0.898. The van der Waals surface area contributed by atoms with Gasteiger partial charge in [-0.15, -0.1) is 0 Å². The number of aromatic nitrogens is 2. The minimum absolute atomic E-state index is 0.0623. The number of piperazine rings is 1. The molecule has 2 aromatic rings. The molecule has 1 saturated heterocycles. The Morgan fingerprint density at radius 2 is 1.85 bits per heavy atom. The molecule has 3 heterocycles. The van der Waals surface area contributed by atoms with Crippen molar-refractivity contribution in [1.82, 2.24) is 19.6 Å². The number of hydrogen-bond donors (Lipinski definition) is 1. The van der Waals surface area contributed by atoms with Gasteiger partial charge in [0.2, 0.25) is 5.91 Å². The van der Waals surface area contributed by atoms with Gasteiger partial charge in [0, 0.05) is 33.2 Å². The highest BCUT2D eigenvalue weighted by molar-refractivity contribution is 6.17. The molecule has 0 bridgehead atoms. The molecule has 8 heteroatoms. The molecule has 0 spiro atoms. The van der Waals surface area contributed by atoms with E-state index in [9.17, 15) is 9.59 Å². The molecule has 0 atom stereocenters. The maximum Gasteiger partial charge on any atom is 0.276 e. The minimum atomic E-state index is -0.262. The second kappa shape index (κ2) is 6.54. The van der Waals surface area contributed by atoms with Crippen LogP contribution in [0.15, 0.2) is 30.5 Å². The normalized spacial score (nSPS) is 18.1. The third kappa shape index (κ3) is 2.87. The number of para-hydroxylation sites is 2. The van der Waals surface area contributed by atoms with Crippen molar-refractivity contribution < 1.29 is 9.59 Å². The Bertz CT molecular complexity index is 853. The summed E-state index contributed by atoms with van der Waals surface area (Å²) in [6.07, 6.45) is 1.58. The number of anilines is 3. The van der Waals surface area contributed by atoms with E-state index in [-0.39, 0.29) is 11.8 Å². The lowest BCUT2D eigenvalue weighted by molar-refractivity contribution is -0.119. The first-order valence-corrected chi connectivity index (χ1v) is 8.71. The predicted molar refractivity (Wildman–Crippen MR) is 98.7 cm³/mol. The van der Waals surface area contributed by atoms with Gasteiger partial charge in [-0.2, -0.15) is 5.10 Å². The number of amides is 2. The van der Waals surface area contributed by atoms with Crippen molar-refractivity contribution in [3.05, 3.63) is 36.2 Å². The summed E-state index contributed by atoms with van der Waals surface area (Å²) in [6.45, 7) is 3.92. The molecule has 8 nitrogen and oxygen atoms in total. The van der Waals surface area contributed by atoms with Crippen molar-refractivity contribution in [2.24, 2.45) is 7.05 Å². The zero-order valence-corrected chi connectivity index (χ0v) is 15.0. The topological polar surface area (TPSA) is 73.7 Å². The van der Waals surface area contributed by atoms with E-state index in [2.05, 4.69) is 27.3 Å². The summed E-state index contributed by atoms with van der Waals surface area (Å²) in [5, 5.41) is 7.08. The third-order valence-corrected chi connectivity index (χ3v) is 4.97. The summed E-state index contributed by atoms with van der Waals surface area (Å²) in [5.74, 6) is -0.324. The van der Waals surface area contributed by atoms with Crippen molar-refractivity contribution in [2.45, 2.75) is 0 Å². The molecule has 0 aliphatic carbocycles. The number of aryl methyl sites for hydroxylation is 1. The lowest BCUT2D eigenvalue weighted by Crippen LogP contribution is -2.48. The van der Waals surface area contributed by atoms with Gasteiger partial charge in [0.15, 0.2) is 0 Å². The van der Waals surface area contributed by atoms with Crippen LogP contribution >= 0.6 is 0 Å². The van der Waals surface area contributed by atoms with Gasteiger partial charge in [-0.25, -0.2) is 0 Å². The van der Waals surface area contributed by atoms with Crippen LogP contribution in [-0.4, -0.2) is 71.2 Å². The zero-order valence-electron chi connectivity index (χ0n) is 15.0. The lowest BCUT2D eigenvalue weighted by atomic mass is 10.2. The molecule has 0 saturated carbocycles. The third-order valence-electron chi connectivity index (χ3n) is 4.97. The quantitative estimate of drug-likeness (QED) is 0.867. The first kappa shape index (κ1) is 16.7. The first-order valence-electron chi connectivity index (χ1n) is 8.71. The van der Waals surface area contributed by atoms with Gasteiger partial charge in [-0.05, 0) is 19.2 Å². The molecular weight excluding hydrogens is 332 g/mol. The SMILES string of the molecule is CN1CCN(CC(=O)N2c3ccccc3NC(=O)c3c2cnn3C)CC1. The summed E-state index contributed by atoms with van der Waals surface area (Å²) in [4.78, 5) is 31.9. The maximum atomic E-state index is 13.2. The molecule has 0 radical (unpaired) electrons. The van der Waals surface area contributed by atoms with E-state index >= 15 is 0 Å². The number of nitrogens with zero attached hydrogens (tertiary/aromatic N) is 5. The van der Waals surface area contributed by atoms with E-state index in [4.69, 9.17) is 0 Å². The standard InChI is InChI=1S/C18H22N6O2/c1-21-7-9-23(10-8-21)12-16(25)24-14-6-4-3-5-13(14)20-18(26)17-15(24)11-19-22(17)2/h3-6,11H,7-10,12H2,1-2H3,(H,20,26). The van der Waals surface area contributed by atoms with E-state index in [1.807, 2.05) is 24.3 Å². The van der Waals surface area contributed by atoms with E-state index < -0.39 is 0 Å². The van der Waals surface area contributed by atoms with Gasteiger partial charge in [0.05, 0.1) is 24.1 Å². The Balaban J connectivity index is 1.71. The molecule has 1 aromatic heterocycles. The average Bonchev–Trinajstić information content (AvgIpc) is 2.93. The van der Waals surface area contributed by atoms with Gasteiger partial charge >= 0.3 is 0 Å². The number of carbonyl (C=O) groups excluding carboxylic acids is 2. The zero-order chi connectivity index (χ0) is 18.3. The van der Waals surface area contributed by atoms with Crippen LogP contribution in [0.1, 0.15) is 10.5 Å². The van der Waals surface area contributed by atoms with Crippen LogP contribution in [0.3, 0.4) is 0 Å². The van der Waals surface area contributed by atoms with Gasteiger partial charge in [0.25, 0.3) is 5.91 Å². The lowest BCUT2D eigenvalue weighted by Gasteiger charge is -2.33. The number of likely N-dealkylation sites (N-methyl/N-ethyl adjacent to an activating group) is 1. The summed E-state index contributed by atoms with van der Waals surface area (Å²) >= 11 is 0. The fraction of sp³-hybridized carbons (Fsp3) is 0.389. The van der Waals surface area contributed by atoms with Crippen molar-refractivity contribution in [2.75, 3.05) is 50.0 Å². The van der Waals surface area contributed by atoms with Gasteiger partial charge in [-0.3, -0.25) is 24.1 Å². The molecular formula is C18H22N6O2. The molecule has 26 heavy (non-hydrogen) atoms. The van der Waals surface area contributed by atoms with Crippen LogP contribution in [0, 0.1) is 0 Å². The highest BCUT2D eigenvalue weighted by Crippen LogP contribution is 2.37. The molecule has 4 rings (SSSR count). The van der Waals surface area contributed by atoms with E-state index in [0.29, 0.717) is 29.3 Å². The fourth-order valence-corrected chi connectivity index (χ4v) is 3.48. The van der Waals surface area contributed by atoms with E-state index in [1.165, 1.54) is 4.68 Å². The Hall–Kier alpha value is -2.71. The number of carbonyl (C=O) groups is 2. The Morgan fingerprint density at radius 3 is 2.62 bits per heavy atom. The summed E-state index contributed by atoms with van der Waals surface area (Å²) < 4.78 is 1.51.